The molecule has 0 aromatic carbocycles. The summed E-state index contributed by atoms with van der Waals surface area (Å²) in [7, 11) is 0. The van der Waals surface area contributed by atoms with Crippen LogP contribution in [-0.2, 0) is 6.42 Å². The van der Waals surface area contributed by atoms with Crippen LogP contribution in [0.25, 0.3) is 11.0 Å². The maximum atomic E-state index is 12.1. The fourth-order valence-corrected chi connectivity index (χ4v) is 1.68. The maximum Gasteiger partial charge on any atom is 0.422 e. The van der Waals surface area contributed by atoms with E-state index in [0.717, 1.165) is 5.56 Å². The lowest BCUT2D eigenvalue weighted by Gasteiger charge is -2.09. The molecule has 2 aromatic heterocycles. The maximum absolute atomic E-state index is 12.1. The molecule has 0 saturated carbocycles. The summed E-state index contributed by atoms with van der Waals surface area (Å²) in [5.74, 6) is 0.139. The van der Waals surface area contributed by atoms with E-state index in [0.29, 0.717) is 24.0 Å². The number of aromatic nitrogens is 2. The largest absolute Gasteiger partial charge is 0.482 e. The number of pyridine rings is 1. The summed E-state index contributed by atoms with van der Waals surface area (Å²) in [5, 5.41) is 0. The summed E-state index contributed by atoms with van der Waals surface area (Å²) < 4.78 is 41.0. The molecule has 0 atom stereocenters. The van der Waals surface area contributed by atoms with Gasteiger partial charge in [0.05, 0.1) is 5.52 Å². The van der Waals surface area contributed by atoms with Crippen LogP contribution in [0.3, 0.4) is 0 Å². The highest BCUT2D eigenvalue weighted by Crippen LogP contribution is 2.27. The average molecular weight is 259 g/mol. The Morgan fingerprint density at radius 2 is 2.17 bits per heavy atom. The SMILES string of the molecule is NCCc1c[nH]c2c(OCC(F)(F)F)ccnc12. The van der Waals surface area contributed by atoms with Crippen molar-refractivity contribution in [2.75, 3.05) is 13.2 Å². The van der Waals surface area contributed by atoms with Gasteiger partial charge in [-0.15, -0.1) is 0 Å². The minimum Gasteiger partial charge on any atom is -0.482 e. The fraction of sp³-hybridized carbons (Fsp3) is 0.364. The van der Waals surface area contributed by atoms with Crippen LogP contribution in [0.2, 0.25) is 0 Å². The Kier molecular flexibility index (Phi) is 3.42. The Labute approximate surface area is 101 Å². The molecular formula is C11H12F3N3O. The first-order valence-corrected chi connectivity index (χ1v) is 5.36. The summed E-state index contributed by atoms with van der Waals surface area (Å²) >= 11 is 0. The third-order valence-electron chi connectivity index (χ3n) is 2.41. The van der Waals surface area contributed by atoms with E-state index in [9.17, 15) is 13.2 Å². The second kappa shape index (κ2) is 4.85. The topological polar surface area (TPSA) is 63.9 Å². The van der Waals surface area contributed by atoms with Crippen molar-refractivity contribution in [1.29, 1.82) is 0 Å². The molecule has 3 N–H and O–H groups in total. The van der Waals surface area contributed by atoms with Crippen LogP contribution in [0.5, 0.6) is 5.75 Å². The van der Waals surface area contributed by atoms with Gasteiger partial charge in [0.2, 0.25) is 0 Å². The van der Waals surface area contributed by atoms with E-state index in [1.807, 2.05) is 0 Å². The van der Waals surface area contributed by atoms with Gasteiger partial charge >= 0.3 is 6.18 Å². The van der Waals surface area contributed by atoms with E-state index < -0.39 is 12.8 Å². The number of halogens is 3. The van der Waals surface area contributed by atoms with E-state index in [4.69, 9.17) is 10.5 Å². The number of aromatic amines is 1. The molecular weight excluding hydrogens is 247 g/mol. The number of alkyl halides is 3. The van der Waals surface area contributed by atoms with Crippen molar-refractivity contribution in [3.8, 4) is 5.75 Å². The Morgan fingerprint density at radius 1 is 1.39 bits per heavy atom. The summed E-state index contributed by atoms with van der Waals surface area (Å²) in [6, 6.07) is 1.40. The van der Waals surface area contributed by atoms with Crippen molar-refractivity contribution >= 4 is 11.0 Å². The molecule has 0 aliphatic rings. The lowest BCUT2D eigenvalue weighted by molar-refractivity contribution is -0.153. The van der Waals surface area contributed by atoms with Crippen LogP contribution in [0, 0.1) is 0 Å². The first kappa shape index (κ1) is 12.7. The zero-order valence-electron chi connectivity index (χ0n) is 9.42. The molecule has 98 valence electrons. The summed E-state index contributed by atoms with van der Waals surface area (Å²) in [4.78, 5) is 6.98. The standard InChI is InChI=1S/C11H12F3N3O/c12-11(13,14)6-18-8-2-4-16-9-7(1-3-15)5-17-10(8)9/h2,4-5,17H,1,3,6,15H2. The Balaban J connectivity index is 2.29. The second-order valence-corrected chi connectivity index (χ2v) is 3.79. The summed E-state index contributed by atoms with van der Waals surface area (Å²) in [6.07, 6.45) is -0.648. The molecule has 2 heterocycles. The van der Waals surface area contributed by atoms with Gasteiger partial charge < -0.3 is 15.5 Å². The van der Waals surface area contributed by atoms with E-state index >= 15 is 0 Å². The van der Waals surface area contributed by atoms with Crippen molar-refractivity contribution in [2.24, 2.45) is 5.73 Å². The number of ether oxygens (including phenoxy) is 1. The molecule has 18 heavy (non-hydrogen) atoms. The fourth-order valence-electron chi connectivity index (χ4n) is 1.68. The predicted octanol–water partition coefficient (Wildman–Crippen LogP) is 2.01. The van der Waals surface area contributed by atoms with Crippen molar-refractivity contribution < 1.29 is 17.9 Å². The van der Waals surface area contributed by atoms with E-state index in [1.54, 1.807) is 6.20 Å². The van der Waals surface area contributed by atoms with Crippen LogP contribution >= 0.6 is 0 Å². The van der Waals surface area contributed by atoms with Gasteiger partial charge in [0, 0.05) is 18.5 Å². The van der Waals surface area contributed by atoms with Gasteiger partial charge in [-0.2, -0.15) is 13.2 Å². The van der Waals surface area contributed by atoms with Crippen LogP contribution in [0.1, 0.15) is 5.56 Å². The molecule has 0 aliphatic heterocycles. The molecule has 0 unspecified atom stereocenters. The van der Waals surface area contributed by atoms with Gasteiger partial charge in [0.25, 0.3) is 0 Å². The van der Waals surface area contributed by atoms with E-state index in [2.05, 4.69) is 9.97 Å². The quantitative estimate of drug-likeness (QED) is 0.882. The number of nitrogens with one attached hydrogen (secondary N) is 1. The first-order valence-electron chi connectivity index (χ1n) is 5.36. The molecule has 0 bridgehead atoms. The lowest BCUT2D eigenvalue weighted by Crippen LogP contribution is -2.19. The lowest BCUT2D eigenvalue weighted by atomic mass is 10.2. The molecule has 7 heteroatoms. The van der Waals surface area contributed by atoms with Gasteiger partial charge in [-0.1, -0.05) is 0 Å². The monoisotopic (exact) mass is 259 g/mol. The van der Waals surface area contributed by atoms with Crippen molar-refractivity contribution in [3.05, 3.63) is 24.0 Å². The van der Waals surface area contributed by atoms with Crippen LogP contribution in [0.4, 0.5) is 13.2 Å². The number of H-pyrrole nitrogens is 1. The number of hydrogen-bond donors (Lipinski definition) is 2. The highest BCUT2D eigenvalue weighted by Gasteiger charge is 2.28. The van der Waals surface area contributed by atoms with Gasteiger partial charge in [-0.25, -0.2) is 0 Å². The van der Waals surface area contributed by atoms with Crippen LogP contribution < -0.4 is 10.5 Å². The molecule has 4 nitrogen and oxygen atoms in total. The molecule has 0 fully saturated rings. The second-order valence-electron chi connectivity index (χ2n) is 3.79. The first-order chi connectivity index (χ1) is 8.51. The highest BCUT2D eigenvalue weighted by atomic mass is 19.4. The number of rotatable bonds is 4. The molecule has 0 spiro atoms. The van der Waals surface area contributed by atoms with Gasteiger partial charge in [-0.05, 0) is 18.5 Å². The van der Waals surface area contributed by atoms with E-state index in [-0.39, 0.29) is 5.75 Å². The number of fused-ring (bicyclic) bond motifs is 1. The summed E-state index contributed by atoms with van der Waals surface area (Å²) in [5.41, 5.74) is 7.37. The zero-order chi connectivity index (χ0) is 13.2. The Bertz CT molecular complexity index is 536. The molecule has 0 aliphatic carbocycles. The van der Waals surface area contributed by atoms with E-state index in [1.165, 1.54) is 12.3 Å². The Morgan fingerprint density at radius 3 is 2.83 bits per heavy atom. The van der Waals surface area contributed by atoms with Crippen molar-refractivity contribution in [1.82, 2.24) is 9.97 Å². The highest BCUT2D eigenvalue weighted by molar-refractivity contribution is 5.84. The number of nitrogens with two attached hydrogens (primary N) is 1. The van der Waals surface area contributed by atoms with Crippen LogP contribution in [0.15, 0.2) is 18.5 Å². The number of nitrogens with zero attached hydrogens (tertiary/aromatic N) is 1. The average Bonchev–Trinajstić information content (AvgIpc) is 2.70. The van der Waals surface area contributed by atoms with Gasteiger partial charge in [0.1, 0.15) is 11.3 Å². The minimum absolute atomic E-state index is 0.139. The molecule has 0 amide bonds. The molecule has 0 saturated heterocycles. The van der Waals surface area contributed by atoms with Crippen molar-refractivity contribution in [2.45, 2.75) is 12.6 Å². The third kappa shape index (κ3) is 2.73. The zero-order valence-corrected chi connectivity index (χ0v) is 9.42. The van der Waals surface area contributed by atoms with Gasteiger partial charge in [-0.3, -0.25) is 4.98 Å². The van der Waals surface area contributed by atoms with Gasteiger partial charge in [0.15, 0.2) is 6.61 Å². The van der Waals surface area contributed by atoms with Crippen molar-refractivity contribution in [3.63, 3.8) is 0 Å². The smallest absolute Gasteiger partial charge is 0.422 e. The summed E-state index contributed by atoms with van der Waals surface area (Å²) in [6.45, 7) is -0.875. The molecule has 0 radical (unpaired) electrons. The molecule has 2 aromatic rings. The normalized spacial score (nSPS) is 12.0. The third-order valence-corrected chi connectivity index (χ3v) is 2.41. The van der Waals surface area contributed by atoms with Crippen LogP contribution in [-0.4, -0.2) is 29.3 Å². The number of hydrogen-bond acceptors (Lipinski definition) is 3. The minimum atomic E-state index is -4.36. The Hall–Kier alpha value is -1.76. The predicted molar refractivity (Wildman–Crippen MR) is 60.4 cm³/mol. The molecule has 2 rings (SSSR count).